The predicted molar refractivity (Wildman–Crippen MR) is 107 cm³/mol. The molecule has 0 unspecified atom stereocenters. The van der Waals surface area contributed by atoms with E-state index in [-0.39, 0.29) is 11.7 Å². The number of fused-ring (bicyclic) bond motifs is 1. The standard InChI is InChI=1S/C19H22N6O4/c1-11(13-7-6-8-14(9-13)25(27)28)21-15-10-20-17-16(22-15)12(2)23-24(17)18(26)29-19(3,4)5/h6-11H,1-5H3,(H,21,22)/t11-/m0/s1. The van der Waals surface area contributed by atoms with E-state index >= 15 is 0 Å². The van der Waals surface area contributed by atoms with Gasteiger partial charge in [-0.25, -0.2) is 14.8 Å². The van der Waals surface area contributed by atoms with Crippen LogP contribution >= 0.6 is 0 Å². The molecule has 0 saturated heterocycles. The summed E-state index contributed by atoms with van der Waals surface area (Å²) in [7, 11) is 0. The molecule has 0 amide bonds. The molecule has 2 heterocycles. The number of hydrogen-bond donors (Lipinski definition) is 1. The van der Waals surface area contributed by atoms with Gasteiger partial charge in [-0.05, 0) is 40.2 Å². The number of nitro benzene ring substituents is 1. The van der Waals surface area contributed by atoms with Crippen LogP contribution in [0.15, 0.2) is 30.5 Å². The summed E-state index contributed by atoms with van der Waals surface area (Å²) in [5.41, 5.74) is 1.39. The van der Waals surface area contributed by atoms with Gasteiger partial charge in [-0.2, -0.15) is 5.10 Å². The second-order valence-electron chi connectivity index (χ2n) is 7.62. The summed E-state index contributed by atoms with van der Waals surface area (Å²) >= 11 is 0. The molecular weight excluding hydrogens is 376 g/mol. The molecule has 29 heavy (non-hydrogen) atoms. The maximum atomic E-state index is 12.4. The Hall–Kier alpha value is -3.56. The normalized spacial score (nSPS) is 12.6. The van der Waals surface area contributed by atoms with Crippen LogP contribution in [0.1, 0.15) is 45.0 Å². The highest BCUT2D eigenvalue weighted by Crippen LogP contribution is 2.23. The minimum atomic E-state index is -0.661. The van der Waals surface area contributed by atoms with Crippen molar-refractivity contribution in [3.8, 4) is 0 Å². The molecule has 2 aromatic heterocycles. The number of carbonyl (C=O) groups excluding carboxylic acids is 1. The van der Waals surface area contributed by atoms with Gasteiger partial charge in [0.2, 0.25) is 0 Å². The van der Waals surface area contributed by atoms with Crippen LogP contribution in [0, 0.1) is 17.0 Å². The highest BCUT2D eigenvalue weighted by atomic mass is 16.6. The summed E-state index contributed by atoms with van der Waals surface area (Å²) < 4.78 is 6.45. The Bertz CT molecular complexity index is 1090. The van der Waals surface area contributed by atoms with Crippen LogP contribution in [-0.4, -0.2) is 36.4 Å². The van der Waals surface area contributed by atoms with Crippen molar-refractivity contribution in [1.82, 2.24) is 19.7 Å². The van der Waals surface area contributed by atoms with Crippen molar-refractivity contribution in [3.63, 3.8) is 0 Å². The topological polar surface area (TPSA) is 125 Å². The van der Waals surface area contributed by atoms with Crippen LogP contribution in [0.25, 0.3) is 11.2 Å². The number of nitrogens with one attached hydrogen (secondary N) is 1. The van der Waals surface area contributed by atoms with Crippen molar-refractivity contribution in [3.05, 3.63) is 51.8 Å². The number of carbonyl (C=O) groups is 1. The van der Waals surface area contributed by atoms with E-state index in [4.69, 9.17) is 4.74 Å². The fourth-order valence-corrected chi connectivity index (χ4v) is 2.74. The molecule has 0 radical (unpaired) electrons. The van der Waals surface area contributed by atoms with E-state index in [2.05, 4.69) is 20.4 Å². The zero-order valence-corrected chi connectivity index (χ0v) is 16.8. The Balaban J connectivity index is 1.87. The zero-order chi connectivity index (χ0) is 21.3. The first-order chi connectivity index (χ1) is 13.5. The fourth-order valence-electron chi connectivity index (χ4n) is 2.74. The van der Waals surface area contributed by atoms with Crippen LogP contribution < -0.4 is 5.32 Å². The van der Waals surface area contributed by atoms with Gasteiger partial charge in [0.25, 0.3) is 5.69 Å². The quantitative estimate of drug-likeness (QED) is 0.516. The molecule has 10 heteroatoms. The number of aryl methyl sites for hydroxylation is 1. The van der Waals surface area contributed by atoms with E-state index in [1.165, 1.54) is 18.3 Å². The Morgan fingerprint density at radius 2 is 2.07 bits per heavy atom. The number of non-ortho nitro benzene ring substituents is 1. The van der Waals surface area contributed by atoms with Gasteiger partial charge in [0.15, 0.2) is 5.65 Å². The number of aromatic nitrogens is 4. The number of ether oxygens (including phenoxy) is 1. The molecule has 0 bridgehead atoms. The molecule has 0 saturated carbocycles. The molecule has 0 aliphatic rings. The third-order valence-electron chi connectivity index (χ3n) is 4.06. The van der Waals surface area contributed by atoms with Crippen molar-refractivity contribution in [2.24, 2.45) is 0 Å². The lowest BCUT2D eigenvalue weighted by atomic mass is 10.1. The van der Waals surface area contributed by atoms with Crippen LogP contribution in [0.2, 0.25) is 0 Å². The number of nitro groups is 1. The van der Waals surface area contributed by atoms with Crippen molar-refractivity contribution in [1.29, 1.82) is 0 Å². The van der Waals surface area contributed by atoms with E-state index in [0.29, 0.717) is 22.7 Å². The first kappa shape index (κ1) is 20.2. The molecule has 10 nitrogen and oxygen atoms in total. The average molecular weight is 398 g/mol. The van der Waals surface area contributed by atoms with Gasteiger partial charge in [-0.1, -0.05) is 12.1 Å². The molecule has 0 spiro atoms. The second-order valence-corrected chi connectivity index (χ2v) is 7.62. The van der Waals surface area contributed by atoms with Gasteiger partial charge >= 0.3 is 6.09 Å². The third kappa shape index (κ3) is 4.48. The summed E-state index contributed by atoms with van der Waals surface area (Å²) in [5.74, 6) is 0.461. The van der Waals surface area contributed by atoms with Crippen molar-refractivity contribution >= 4 is 28.8 Å². The van der Waals surface area contributed by atoms with Crippen LogP contribution in [-0.2, 0) is 4.74 Å². The van der Waals surface area contributed by atoms with E-state index < -0.39 is 16.6 Å². The average Bonchev–Trinajstić information content (AvgIpc) is 2.97. The lowest BCUT2D eigenvalue weighted by Gasteiger charge is -2.19. The zero-order valence-electron chi connectivity index (χ0n) is 16.8. The van der Waals surface area contributed by atoms with Crippen molar-refractivity contribution in [2.45, 2.75) is 46.3 Å². The van der Waals surface area contributed by atoms with Gasteiger partial charge in [0.1, 0.15) is 16.9 Å². The Kier molecular flexibility index (Phi) is 5.19. The summed E-state index contributed by atoms with van der Waals surface area (Å²) in [6.07, 6.45) is 0.855. The summed E-state index contributed by atoms with van der Waals surface area (Å²) in [5, 5.41) is 18.3. The molecular formula is C19H22N6O4. The van der Waals surface area contributed by atoms with Crippen molar-refractivity contribution < 1.29 is 14.5 Å². The molecule has 0 aliphatic carbocycles. The highest BCUT2D eigenvalue weighted by Gasteiger charge is 2.23. The van der Waals surface area contributed by atoms with Crippen LogP contribution in [0.5, 0.6) is 0 Å². The summed E-state index contributed by atoms with van der Waals surface area (Å²) in [4.78, 5) is 31.7. The number of rotatable bonds is 4. The summed E-state index contributed by atoms with van der Waals surface area (Å²) in [6, 6.07) is 6.13. The lowest BCUT2D eigenvalue weighted by molar-refractivity contribution is -0.384. The molecule has 0 aliphatic heterocycles. The van der Waals surface area contributed by atoms with Gasteiger partial charge < -0.3 is 10.1 Å². The Morgan fingerprint density at radius 3 is 2.72 bits per heavy atom. The minimum absolute atomic E-state index is 0.0205. The predicted octanol–water partition coefficient (Wildman–Crippen LogP) is 4.00. The third-order valence-corrected chi connectivity index (χ3v) is 4.06. The molecule has 1 aromatic carbocycles. The summed E-state index contributed by atoms with van der Waals surface area (Å²) in [6.45, 7) is 8.90. The molecule has 3 aromatic rings. The van der Waals surface area contributed by atoms with E-state index in [1.807, 2.05) is 6.92 Å². The van der Waals surface area contributed by atoms with Gasteiger partial charge in [-0.3, -0.25) is 10.1 Å². The molecule has 1 atom stereocenters. The molecule has 3 rings (SSSR count). The van der Waals surface area contributed by atoms with Crippen LogP contribution in [0.4, 0.5) is 16.3 Å². The number of hydrogen-bond acceptors (Lipinski definition) is 8. The van der Waals surface area contributed by atoms with E-state index in [0.717, 1.165) is 10.2 Å². The number of benzene rings is 1. The highest BCUT2D eigenvalue weighted by molar-refractivity contribution is 5.85. The smallest absolute Gasteiger partial charge is 0.437 e. The fraction of sp³-hybridized carbons (Fsp3) is 0.368. The monoisotopic (exact) mass is 398 g/mol. The SMILES string of the molecule is Cc1nn(C(=O)OC(C)(C)C)c2ncc(N[C@@H](C)c3cccc([N+](=O)[O-])c3)nc12. The Labute approximate surface area is 167 Å². The van der Waals surface area contributed by atoms with E-state index in [1.54, 1.807) is 39.8 Å². The van der Waals surface area contributed by atoms with E-state index in [9.17, 15) is 14.9 Å². The van der Waals surface area contributed by atoms with Gasteiger partial charge in [-0.15, -0.1) is 4.68 Å². The maximum Gasteiger partial charge on any atom is 0.437 e. The minimum Gasteiger partial charge on any atom is -0.442 e. The van der Waals surface area contributed by atoms with Gasteiger partial charge in [0, 0.05) is 12.1 Å². The van der Waals surface area contributed by atoms with Crippen LogP contribution in [0.3, 0.4) is 0 Å². The molecule has 0 fully saturated rings. The number of nitrogens with zero attached hydrogens (tertiary/aromatic N) is 5. The van der Waals surface area contributed by atoms with Crippen molar-refractivity contribution in [2.75, 3.05) is 5.32 Å². The van der Waals surface area contributed by atoms with Gasteiger partial charge in [0.05, 0.1) is 22.9 Å². The first-order valence-electron chi connectivity index (χ1n) is 9.02. The second kappa shape index (κ2) is 7.46. The maximum absolute atomic E-state index is 12.4. The molecule has 152 valence electrons. The Morgan fingerprint density at radius 1 is 1.34 bits per heavy atom. The largest absolute Gasteiger partial charge is 0.442 e. The first-order valence-corrected chi connectivity index (χ1v) is 9.02. The number of anilines is 1. The molecule has 1 N–H and O–H groups in total. The lowest BCUT2D eigenvalue weighted by Crippen LogP contribution is -2.28.